The molecule has 22 heavy (non-hydrogen) atoms. The molecule has 1 aromatic carbocycles. The highest BCUT2D eigenvalue weighted by Gasteiger charge is 2.21. The molecule has 0 radical (unpaired) electrons. The van der Waals surface area contributed by atoms with E-state index < -0.39 is 5.60 Å². The van der Waals surface area contributed by atoms with Crippen molar-refractivity contribution in [3.8, 4) is 0 Å². The first-order valence-electron chi connectivity index (χ1n) is 7.87. The Morgan fingerprint density at radius 1 is 1.27 bits per heavy atom. The molecule has 2 aromatic rings. The van der Waals surface area contributed by atoms with Gasteiger partial charge in [-0.3, -0.25) is 0 Å². The fourth-order valence-corrected chi connectivity index (χ4v) is 2.40. The molecule has 2 rings (SSSR count). The molecule has 0 aliphatic carbocycles. The second kappa shape index (κ2) is 7.07. The molecule has 1 heterocycles. The Bertz CT molecular complexity index is 624. The normalized spacial score (nSPS) is 14.3. The first kappa shape index (κ1) is 16.7. The van der Waals surface area contributed by atoms with E-state index in [9.17, 15) is 10.2 Å². The monoisotopic (exact) mass is 302 g/mol. The van der Waals surface area contributed by atoms with E-state index in [4.69, 9.17) is 0 Å². The van der Waals surface area contributed by atoms with Crippen LogP contribution in [0.4, 0.5) is 5.82 Å². The van der Waals surface area contributed by atoms with Crippen molar-refractivity contribution in [2.75, 3.05) is 11.9 Å². The van der Waals surface area contributed by atoms with E-state index in [-0.39, 0.29) is 6.61 Å². The van der Waals surface area contributed by atoms with Gasteiger partial charge in [0, 0.05) is 17.5 Å². The zero-order chi connectivity index (χ0) is 16.2. The first-order valence-corrected chi connectivity index (χ1v) is 7.87. The molecule has 0 fully saturated rings. The molecule has 1 unspecified atom stereocenters. The van der Waals surface area contributed by atoms with E-state index in [1.54, 1.807) is 0 Å². The second-order valence-electron chi connectivity index (χ2n) is 6.63. The standard InChI is InChI=1S/C18H26N2O2/c1-13(2)8-9-18(3,22)12-19-17-15(11-21)10-14-6-4-5-7-16(14)20-17/h4-7,10,13,21-22H,8-9,11-12H2,1-3H3,(H,19,20). The van der Waals surface area contributed by atoms with Crippen molar-refractivity contribution in [2.24, 2.45) is 5.92 Å². The SMILES string of the molecule is CC(C)CCC(C)(O)CNc1nc2ccccc2cc1CO. The number of para-hydroxylation sites is 1. The molecule has 0 amide bonds. The zero-order valence-electron chi connectivity index (χ0n) is 13.6. The Kier molecular flexibility index (Phi) is 5.37. The average molecular weight is 302 g/mol. The third kappa shape index (κ3) is 4.42. The molecule has 120 valence electrons. The van der Waals surface area contributed by atoms with Crippen molar-refractivity contribution in [1.29, 1.82) is 0 Å². The lowest BCUT2D eigenvalue weighted by Crippen LogP contribution is -2.34. The molecule has 1 aromatic heterocycles. The molecule has 0 bridgehead atoms. The summed E-state index contributed by atoms with van der Waals surface area (Å²) in [7, 11) is 0. The summed E-state index contributed by atoms with van der Waals surface area (Å²) in [5, 5.41) is 24.2. The summed E-state index contributed by atoms with van der Waals surface area (Å²) in [4.78, 5) is 4.56. The maximum atomic E-state index is 10.4. The van der Waals surface area contributed by atoms with Crippen LogP contribution in [0, 0.1) is 5.92 Å². The molecule has 4 heteroatoms. The Hall–Kier alpha value is -1.65. The minimum Gasteiger partial charge on any atom is -0.392 e. The Morgan fingerprint density at radius 3 is 2.68 bits per heavy atom. The number of pyridine rings is 1. The van der Waals surface area contributed by atoms with Gasteiger partial charge in [0.15, 0.2) is 0 Å². The molecular weight excluding hydrogens is 276 g/mol. The molecule has 3 N–H and O–H groups in total. The Balaban J connectivity index is 2.13. The maximum absolute atomic E-state index is 10.4. The fourth-order valence-electron chi connectivity index (χ4n) is 2.40. The van der Waals surface area contributed by atoms with Gasteiger partial charge < -0.3 is 15.5 Å². The summed E-state index contributed by atoms with van der Waals surface area (Å²) in [5.74, 6) is 1.21. The van der Waals surface area contributed by atoms with Crippen molar-refractivity contribution in [3.05, 3.63) is 35.9 Å². The topological polar surface area (TPSA) is 65.4 Å². The number of anilines is 1. The van der Waals surface area contributed by atoms with Crippen LogP contribution in [-0.2, 0) is 6.61 Å². The fraction of sp³-hybridized carbons (Fsp3) is 0.500. The van der Waals surface area contributed by atoms with Crippen molar-refractivity contribution in [1.82, 2.24) is 4.98 Å². The lowest BCUT2D eigenvalue weighted by Gasteiger charge is -2.25. The van der Waals surface area contributed by atoms with Crippen LogP contribution in [0.3, 0.4) is 0 Å². The summed E-state index contributed by atoms with van der Waals surface area (Å²) in [6, 6.07) is 9.75. The third-order valence-electron chi connectivity index (χ3n) is 3.87. The molecule has 0 saturated carbocycles. The van der Waals surface area contributed by atoms with Crippen LogP contribution in [0.2, 0.25) is 0 Å². The van der Waals surface area contributed by atoms with Crippen LogP contribution in [0.25, 0.3) is 10.9 Å². The maximum Gasteiger partial charge on any atom is 0.132 e. The van der Waals surface area contributed by atoms with Gasteiger partial charge in [0.2, 0.25) is 0 Å². The number of aliphatic hydroxyl groups is 2. The molecule has 4 nitrogen and oxygen atoms in total. The van der Waals surface area contributed by atoms with E-state index in [1.165, 1.54) is 0 Å². The van der Waals surface area contributed by atoms with Crippen LogP contribution in [0.1, 0.15) is 39.2 Å². The van der Waals surface area contributed by atoms with Crippen LogP contribution >= 0.6 is 0 Å². The summed E-state index contributed by atoms with van der Waals surface area (Å²) in [6.07, 6.45) is 1.71. The van der Waals surface area contributed by atoms with Gasteiger partial charge in [-0.2, -0.15) is 0 Å². The van der Waals surface area contributed by atoms with Gasteiger partial charge in [-0.15, -0.1) is 0 Å². The van der Waals surface area contributed by atoms with Crippen LogP contribution in [0.15, 0.2) is 30.3 Å². The van der Waals surface area contributed by atoms with Gasteiger partial charge in [0.05, 0.1) is 17.7 Å². The zero-order valence-corrected chi connectivity index (χ0v) is 13.6. The van der Waals surface area contributed by atoms with Gasteiger partial charge in [0.25, 0.3) is 0 Å². The quantitative estimate of drug-likeness (QED) is 0.734. The lowest BCUT2D eigenvalue weighted by atomic mass is 9.95. The Labute approximate surface area is 132 Å². The highest BCUT2D eigenvalue weighted by molar-refractivity contribution is 5.81. The molecule has 0 aliphatic rings. The molecule has 0 aliphatic heterocycles. The van der Waals surface area contributed by atoms with Crippen LogP contribution < -0.4 is 5.32 Å². The van der Waals surface area contributed by atoms with Crippen molar-refractivity contribution in [2.45, 2.75) is 45.8 Å². The average Bonchev–Trinajstić information content (AvgIpc) is 2.50. The van der Waals surface area contributed by atoms with E-state index in [0.717, 1.165) is 29.3 Å². The second-order valence-corrected chi connectivity index (χ2v) is 6.63. The van der Waals surface area contributed by atoms with Crippen LogP contribution in [-0.4, -0.2) is 27.3 Å². The smallest absolute Gasteiger partial charge is 0.132 e. The minimum absolute atomic E-state index is 0.0751. The van der Waals surface area contributed by atoms with Gasteiger partial charge in [-0.25, -0.2) is 4.98 Å². The highest BCUT2D eigenvalue weighted by atomic mass is 16.3. The van der Waals surface area contributed by atoms with E-state index in [1.807, 2.05) is 37.3 Å². The van der Waals surface area contributed by atoms with Gasteiger partial charge in [-0.05, 0) is 37.8 Å². The minimum atomic E-state index is -0.787. The summed E-state index contributed by atoms with van der Waals surface area (Å²) in [6.45, 7) is 6.48. The predicted molar refractivity (Wildman–Crippen MR) is 90.9 cm³/mol. The van der Waals surface area contributed by atoms with Crippen LogP contribution in [0.5, 0.6) is 0 Å². The number of rotatable bonds is 7. The first-order chi connectivity index (χ1) is 10.4. The predicted octanol–water partition coefficient (Wildman–Crippen LogP) is 3.33. The summed E-state index contributed by atoms with van der Waals surface area (Å²) >= 11 is 0. The summed E-state index contributed by atoms with van der Waals surface area (Å²) in [5.41, 5.74) is 0.840. The lowest BCUT2D eigenvalue weighted by molar-refractivity contribution is 0.0585. The third-order valence-corrected chi connectivity index (χ3v) is 3.87. The van der Waals surface area contributed by atoms with Gasteiger partial charge in [0.1, 0.15) is 5.82 Å². The van der Waals surface area contributed by atoms with Gasteiger partial charge >= 0.3 is 0 Å². The van der Waals surface area contributed by atoms with E-state index in [0.29, 0.717) is 18.3 Å². The molecule has 1 atom stereocenters. The van der Waals surface area contributed by atoms with Gasteiger partial charge in [-0.1, -0.05) is 32.0 Å². The Morgan fingerprint density at radius 2 is 2.00 bits per heavy atom. The molecular formula is C18H26N2O2. The number of aliphatic hydroxyl groups excluding tert-OH is 1. The molecule has 0 saturated heterocycles. The van der Waals surface area contributed by atoms with E-state index in [2.05, 4.69) is 24.1 Å². The molecule has 0 spiro atoms. The number of aromatic nitrogens is 1. The summed E-state index contributed by atoms with van der Waals surface area (Å²) < 4.78 is 0. The van der Waals surface area contributed by atoms with Crippen molar-refractivity contribution >= 4 is 16.7 Å². The number of hydrogen-bond acceptors (Lipinski definition) is 4. The van der Waals surface area contributed by atoms with Crippen molar-refractivity contribution < 1.29 is 10.2 Å². The number of benzene rings is 1. The van der Waals surface area contributed by atoms with Crippen molar-refractivity contribution in [3.63, 3.8) is 0 Å². The number of hydrogen-bond donors (Lipinski definition) is 3. The van der Waals surface area contributed by atoms with E-state index >= 15 is 0 Å². The highest BCUT2D eigenvalue weighted by Crippen LogP contribution is 2.22. The number of fused-ring (bicyclic) bond motifs is 1. The largest absolute Gasteiger partial charge is 0.392 e. The number of nitrogens with zero attached hydrogens (tertiary/aromatic N) is 1. The number of nitrogens with one attached hydrogen (secondary N) is 1.